The van der Waals surface area contributed by atoms with Crippen LogP contribution in [0, 0.1) is 6.92 Å². The number of carbonyl (C=O) groups is 1. The van der Waals surface area contributed by atoms with Crippen LogP contribution in [0.25, 0.3) is 11.3 Å². The summed E-state index contributed by atoms with van der Waals surface area (Å²) in [6.45, 7) is 2.36. The van der Waals surface area contributed by atoms with E-state index in [1.165, 1.54) is 0 Å². The average molecular weight is 428 g/mol. The fraction of sp³-hybridized carbons (Fsp3) is 0.136. The van der Waals surface area contributed by atoms with Gasteiger partial charge in [0.2, 0.25) is 0 Å². The molecule has 5 rings (SSSR count). The van der Waals surface area contributed by atoms with Crippen molar-refractivity contribution in [1.29, 1.82) is 0 Å². The van der Waals surface area contributed by atoms with Crippen LogP contribution in [0.2, 0.25) is 0 Å². The van der Waals surface area contributed by atoms with E-state index in [1.807, 2.05) is 50.5 Å². The Balaban J connectivity index is 1.51. The number of pyridine rings is 1. The molecule has 4 aromatic rings. The van der Waals surface area contributed by atoms with Crippen molar-refractivity contribution in [2.45, 2.75) is 13.5 Å². The van der Waals surface area contributed by atoms with Gasteiger partial charge >= 0.3 is 0 Å². The molecule has 1 aliphatic heterocycles. The van der Waals surface area contributed by atoms with Crippen molar-refractivity contribution in [3.05, 3.63) is 65.6 Å². The fourth-order valence-electron chi connectivity index (χ4n) is 3.55. The topological polar surface area (TPSA) is 133 Å². The van der Waals surface area contributed by atoms with Gasteiger partial charge in [-0.3, -0.25) is 9.48 Å². The maximum Gasteiger partial charge on any atom is 0.271 e. The Morgan fingerprint density at radius 1 is 1.12 bits per heavy atom. The summed E-state index contributed by atoms with van der Waals surface area (Å²) in [5, 5.41) is 18.9. The van der Waals surface area contributed by atoms with Crippen molar-refractivity contribution in [3.8, 4) is 17.0 Å². The molecule has 0 unspecified atom stereocenters. The number of carbonyl (C=O) groups excluding carboxylic acids is 1. The minimum atomic E-state index is -0.697. The van der Waals surface area contributed by atoms with Crippen molar-refractivity contribution >= 4 is 28.9 Å². The minimum absolute atomic E-state index is 0.0133. The number of primary amides is 1. The molecule has 1 aliphatic rings. The molecule has 0 spiro atoms. The van der Waals surface area contributed by atoms with Crippen molar-refractivity contribution in [1.82, 2.24) is 25.0 Å². The van der Waals surface area contributed by atoms with Crippen molar-refractivity contribution < 1.29 is 9.53 Å². The Hall–Kier alpha value is -4.47. The molecule has 10 nitrogen and oxygen atoms in total. The smallest absolute Gasteiger partial charge is 0.271 e. The van der Waals surface area contributed by atoms with Gasteiger partial charge in [-0.15, -0.1) is 10.2 Å². The first-order valence-electron chi connectivity index (χ1n) is 9.91. The monoisotopic (exact) mass is 428 g/mol. The maximum atomic E-state index is 12.0. The van der Waals surface area contributed by atoms with Crippen LogP contribution in [-0.4, -0.2) is 30.9 Å². The Labute approximate surface area is 183 Å². The van der Waals surface area contributed by atoms with Gasteiger partial charge in [0.25, 0.3) is 5.91 Å². The van der Waals surface area contributed by atoms with E-state index in [9.17, 15) is 4.79 Å². The van der Waals surface area contributed by atoms with Crippen LogP contribution < -0.4 is 21.1 Å². The molecule has 160 valence electrons. The zero-order valence-electron chi connectivity index (χ0n) is 17.5. The highest BCUT2D eigenvalue weighted by Crippen LogP contribution is 2.42. The number of rotatable bonds is 5. The van der Waals surface area contributed by atoms with Gasteiger partial charge in [-0.25, -0.2) is 4.98 Å². The van der Waals surface area contributed by atoms with Crippen LogP contribution in [0.15, 0.2) is 48.8 Å². The third-order valence-electron chi connectivity index (χ3n) is 5.01. The van der Waals surface area contributed by atoms with Gasteiger partial charge in [-0.2, -0.15) is 5.10 Å². The van der Waals surface area contributed by atoms with Crippen molar-refractivity contribution in [3.63, 3.8) is 0 Å². The number of hydrogen-bond acceptors (Lipinski definition) is 8. The van der Waals surface area contributed by atoms with Crippen LogP contribution in [0.5, 0.6) is 5.75 Å². The number of aromatic nitrogens is 5. The summed E-state index contributed by atoms with van der Waals surface area (Å²) in [5.74, 6) is 0.954. The molecular formula is C22H20N8O2. The molecule has 1 amide bonds. The zero-order valence-corrected chi connectivity index (χ0v) is 17.5. The number of fused-ring (bicyclic) bond motifs is 3. The largest absolute Gasteiger partial charge is 0.486 e. The number of amides is 1. The van der Waals surface area contributed by atoms with Crippen LogP contribution in [0.4, 0.5) is 23.0 Å². The molecule has 0 saturated heterocycles. The molecule has 0 aliphatic carbocycles. The van der Waals surface area contributed by atoms with Crippen molar-refractivity contribution in [2.75, 3.05) is 10.6 Å². The van der Waals surface area contributed by atoms with Gasteiger partial charge < -0.3 is 21.1 Å². The minimum Gasteiger partial charge on any atom is -0.486 e. The summed E-state index contributed by atoms with van der Waals surface area (Å²) in [6, 6.07) is 11.1. The Morgan fingerprint density at radius 2 is 2.00 bits per heavy atom. The fourth-order valence-corrected chi connectivity index (χ4v) is 3.55. The molecule has 0 atom stereocenters. The molecule has 3 aromatic heterocycles. The van der Waals surface area contributed by atoms with Crippen LogP contribution in [0.1, 0.15) is 21.6 Å². The van der Waals surface area contributed by atoms with E-state index in [4.69, 9.17) is 10.5 Å². The predicted molar refractivity (Wildman–Crippen MR) is 119 cm³/mol. The average Bonchev–Trinajstić information content (AvgIpc) is 3.16. The van der Waals surface area contributed by atoms with Crippen LogP contribution >= 0.6 is 0 Å². The number of benzene rings is 1. The van der Waals surface area contributed by atoms with Crippen molar-refractivity contribution in [2.24, 2.45) is 12.8 Å². The number of hydrogen-bond donors (Lipinski definition) is 3. The molecule has 1 aromatic carbocycles. The van der Waals surface area contributed by atoms with E-state index in [1.54, 1.807) is 16.9 Å². The summed E-state index contributed by atoms with van der Waals surface area (Å²) < 4.78 is 7.77. The lowest BCUT2D eigenvalue weighted by Gasteiger charge is -2.21. The lowest BCUT2D eigenvalue weighted by molar-refractivity contribution is 0.0995. The van der Waals surface area contributed by atoms with E-state index in [0.717, 1.165) is 22.4 Å². The molecule has 0 bridgehead atoms. The normalized spacial score (nSPS) is 11.8. The van der Waals surface area contributed by atoms with Crippen LogP contribution in [-0.2, 0) is 13.7 Å². The molecular weight excluding hydrogens is 408 g/mol. The van der Waals surface area contributed by atoms with Gasteiger partial charge in [-0.05, 0) is 30.7 Å². The quantitative estimate of drug-likeness (QED) is 0.442. The third-order valence-corrected chi connectivity index (χ3v) is 5.01. The van der Waals surface area contributed by atoms with Gasteiger partial charge in [0.1, 0.15) is 18.1 Å². The zero-order chi connectivity index (χ0) is 22.2. The predicted octanol–water partition coefficient (Wildman–Crippen LogP) is 3.06. The number of nitrogens with zero attached hydrogens (tertiary/aromatic N) is 5. The first kappa shape index (κ1) is 19.5. The number of para-hydroxylation sites is 1. The highest BCUT2D eigenvalue weighted by molar-refractivity contribution is 5.98. The molecule has 0 radical (unpaired) electrons. The number of nitrogens with two attached hydrogens (primary N) is 1. The SMILES string of the molecule is Cc1ccc(Nc2cc(Nc3cccc4c3OCc3cn(C)nc3-4)c(C(N)=O)nn2)nc1. The molecule has 10 heteroatoms. The first-order chi connectivity index (χ1) is 15.5. The summed E-state index contributed by atoms with van der Waals surface area (Å²) in [5.41, 5.74) is 10.4. The van der Waals surface area contributed by atoms with E-state index in [2.05, 4.69) is 30.9 Å². The molecule has 4 heterocycles. The molecule has 0 fully saturated rings. The number of ether oxygens (including phenoxy) is 1. The van der Waals surface area contributed by atoms with E-state index in [-0.39, 0.29) is 5.69 Å². The van der Waals surface area contributed by atoms with Gasteiger partial charge in [0.15, 0.2) is 17.3 Å². The van der Waals surface area contributed by atoms with Gasteiger partial charge in [-0.1, -0.05) is 12.1 Å². The number of anilines is 4. The second-order valence-electron chi connectivity index (χ2n) is 7.47. The highest BCUT2D eigenvalue weighted by atomic mass is 16.5. The Bertz CT molecular complexity index is 1330. The third kappa shape index (κ3) is 3.58. The standard InChI is InChI=1S/C22H20N8O2/c1-12-6-7-17(24-9-12)26-18-8-16(20(22(23)31)28-27-18)25-15-5-3-4-14-19-13(10-30(2)29-19)11-32-21(14)15/h3-10H,11H2,1-2H3,(H2,23,31)(H2,24,25,26,27). The maximum absolute atomic E-state index is 12.0. The first-order valence-corrected chi connectivity index (χ1v) is 9.91. The molecule has 32 heavy (non-hydrogen) atoms. The summed E-state index contributed by atoms with van der Waals surface area (Å²) >= 11 is 0. The molecule has 4 N–H and O–H groups in total. The Kier molecular flexibility index (Phi) is 4.66. The highest BCUT2D eigenvalue weighted by Gasteiger charge is 2.24. The second-order valence-corrected chi connectivity index (χ2v) is 7.47. The number of nitrogens with one attached hydrogen (secondary N) is 2. The lowest BCUT2D eigenvalue weighted by Crippen LogP contribution is -2.17. The summed E-state index contributed by atoms with van der Waals surface area (Å²) in [6.07, 6.45) is 3.68. The molecule has 0 saturated carbocycles. The van der Waals surface area contributed by atoms with Gasteiger partial charge in [0.05, 0.1) is 11.4 Å². The Morgan fingerprint density at radius 3 is 2.78 bits per heavy atom. The van der Waals surface area contributed by atoms with Crippen LogP contribution in [0.3, 0.4) is 0 Å². The van der Waals surface area contributed by atoms with E-state index in [0.29, 0.717) is 35.4 Å². The lowest BCUT2D eigenvalue weighted by atomic mass is 10.0. The van der Waals surface area contributed by atoms with Gasteiger partial charge in [0, 0.05) is 36.6 Å². The number of aryl methyl sites for hydroxylation is 2. The second kappa shape index (κ2) is 7.65. The van der Waals surface area contributed by atoms with E-state index < -0.39 is 5.91 Å². The van der Waals surface area contributed by atoms with E-state index >= 15 is 0 Å². The summed E-state index contributed by atoms with van der Waals surface area (Å²) in [7, 11) is 1.87. The summed E-state index contributed by atoms with van der Waals surface area (Å²) in [4.78, 5) is 16.3.